The molecule has 18 heavy (non-hydrogen) atoms. The Bertz CT molecular complexity index is 498. The maximum atomic E-state index is 11.2. The Morgan fingerprint density at radius 1 is 0.833 bits per heavy atom. The van der Waals surface area contributed by atoms with Gasteiger partial charge in [0.15, 0.2) is 11.1 Å². The zero-order chi connectivity index (χ0) is 13.1. The number of nitro groups is 1. The monoisotopic (exact) mass is 240 g/mol. The lowest BCUT2D eigenvalue weighted by molar-refractivity contribution is -0.451. The van der Waals surface area contributed by atoms with Crippen molar-refractivity contribution in [2.75, 3.05) is 0 Å². The van der Waals surface area contributed by atoms with Crippen molar-refractivity contribution in [3.8, 4) is 0 Å². The van der Waals surface area contributed by atoms with Crippen LogP contribution in [0.2, 0.25) is 0 Å². The minimum atomic E-state index is -0.324. The van der Waals surface area contributed by atoms with Crippen LogP contribution in [0, 0.1) is 30.0 Å². The molecule has 0 fully saturated rings. The molecule has 0 radical (unpaired) electrons. The van der Waals surface area contributed by atoms with Crippen molar-refractivity contribution in [3.05, 3.63) is 86.9 Å². The maximum Gasteiger partial charge on any atom is 0.360 e. The lowest BCUT2D eigenvalue weighted by Gasteiger charge is -2.02. The van der Waals surface area contributed by atoms with Crippen molar-refractivity contribution < 1.29 is 4.92 Å². The van der Waals surface area contributed by atoms with Crippen LogP contribution in [-0.4, -0.2) is 4.92 Å². The number of nitrogens with zero attached hydrogens (tertiary/aromatic N) is 1. The Hall–Kier alpha value is -2.29. The molecule has 0 spiro atoms. The van der Waals surface area contributed by atoms with Gasteiger partial charge < -0.3 is 0 Å². The molecule has 0 aliphatic heterocycles. The van der Waals surface area contributed by atoms with Crippen LogP contribution in [0.15, 0.2) is 48.5 Å². The summed E-state index contributed by atoms with van der Waals surface area (Å²) in [4.78, 5) is 10.9. The van der Waals surface area contributed by atoms with E-state index in [1.54, 1.807) is 24.3 Å². The summed E-state index contributed by atoms with van der Waals surface area (Å²) in [6.07, 6.45) is 0. The van der Waals surface area contributed by atoms with E-state index in [9.17, 15) is 10.1 Å². The molecule has 0 saturated heterocycles. The molecule has 0 aliphatic rings. The first-order chi connectivity index (χ1) is 8.58. The highest BCUT2D eigenvalue weighted by atomic mass is 16.6. The average molecular weight is 240 g/mol. The third-order valence-corrected chi connectivity index (χ3v) is 2.83. The number of rotatable bonds is 3. The lowest BCUT2D eigenvalue weighted by Crippen LogP contribution is -2.13. The van der Waals surface area contributed by atoms with Gasteiger partial charge in [-0.3, -0.25) is 10.1 Å². The van der Waals surface area contributed by atoms with E-state index in [0.717, 1.165) is 11.1 Å². The number of hydrogen-bond acceptors (Lipinski definition) is 2. The highest BCUT2D eigenvalue weighted by molar-refractivity contribution is 5.42. The first-order valence-electron chi connectivity index (χ1n) is 5.73. The van der Waals surface area contributed by atoms with Crippen LogP contribution in [-0.2, 0) is 0 Å². The zero-order valence-corrected chi connectivity index (χ0v) is 10.4. The molecule has 2 aromatic rings. The predicted molar refractivity (Wildman–Crippen MR) is 70.8 cm³/mol. The van der Waals surface area contributed by atoms with Gasteiger partial charge in [-0.15, -0.1) is 0 Å². The summed E-state index contributed by atoms with van der Waals surface area (Å²) in [5.74, 6) is 0. The van der Waals surface area contributed by atoms with Gasteiger partial charge in [0.2, 0.25) is 0 Å². The number of hydrogen-bond donors (Lipinski definition) is 0. The van der Waals surface area contributed by atoms with Gasteiger partial charge in [0.1, 0.15) is 4.92 Å². The van der Waals surface area contributed by atoms with Crippen molar-refractivity contribution in [1.29, 1.82) is 0 Å². The largest absolute Gasteiger partial charge is 0.360 e. The van der Waals surface area contributed by atoms with E-state index < -0.39 is 0 Å². The Balaban J connectivity index is 2.43. The summed E-state index contributed by atoms with van der Waals surface area (Å²) in [5.41, 5.74) is 3.44. The van der Waals surface area contributed by atoms with E-state index >= 15 is 0 Å². The summed E-state index contributed by atoms with van der Waals surface area (Å²) in [6, 6.07) is 14.8. The molecule has 0 amide bonds. The number of aryl methyl sites for hydroxylation is 2. The van der Waals surface area contributed by atoms with Gasteiger partial charge in [0, 0.05) is 24.3 Å². The summed E-state index contributed by atoms with van der Waals surface area (Å²) in [6.45, 7) is 3.92. The molecule has 90 valence electrons. The molecule has 3 nitrogen and oxygen atoms in total. The minimum absolute atomic E-state index is 0.148. The van der Waals surface area contributed by atoms with Gasteiger partial charge in [-0.25, -0.2) is 0 Å². The standard InChI is InChI=1S/C15H14NO2/c1-11-3-7-13(8-4-11)15(16(17)18)14-9-5-12(2)6-10-14/h3-10H,1-2H3/q+1. The number of benzene rings is 2. The van der Waals surface area contributed by atoms with Gasteiger partial charge in [-0.05, 0) is 49.2 Å². The molecule has 0 N–H and O–H groups in total. The summed E-state index contributed by atoms with van der Waals surface area (Å²) >= 11 is 0. The van der Waals surface area contributed by atoms with E-state index in [2.05, 4.69) is 0 Å². The normalized spacial score (nSPS) is 10.1. The second kappa shape index (κ2) is 4.92. The third-order valence-electron chi connectivity index (χ3n) is 2.83. The summed E-state index contributed by atoms with van der Waals surface area (Å²) in [5, 5.41) is 11.2. The quantitative estimate of drug-likeness (QED) is 0.468. The van der Waals surface area contributed by atoms with E-state index in [1.807, 2.05) is 38.1 Å². The van der Waals surface area contributed by atoms with Gasteiger partial charge in [0.25, 0.3) is 0 Å². The van der Waals surface area contributed by atoms with Gasteiger partial charge in [0.05, 0.1) is 0 Å². The van der Waals surface area contributed by atoms with Crippen molar-refractivity contribution >= 4 is 0 Å². The predicted octanol–water partition coefficient (Wildman–Crippen LogP) is 3.51. The fourth-order valence-electron chi connectivity index (χ4n) is 1.80. The van der Waals surface area contributed by atoms with Gasteiger partial charge >= 0.3 is 6.04 Å². The second-order valence-electron chi connectivity index (χ2n) is 4.34. The van der Waals surface area contributed by atoms with Crippen LogP contribution < -0.4 is 0 Å². The molecule has 2 rings (SSSR count). The van der Waals surface area contributed by atoms with E-state index in [0.29, 0.717) is 11.1 Å². The van der Waals surface area contributed by atoms with E-state index in [4.69, 9.17) is 0 Å². The van der Waals surface area contributed by atoms with E-state index in [-0.39, 0.29) is 11.0 Å². The zero-order valence-electron chi connectivity index (χ0n) is 10.4. The van der Waals surface area contributed by atoms with Crippen LogP contribution in [0.3, 0.4) is 0 Å². The van der Waals surface area contributed by atoms with Crippen LogP contribution in [0.4, 0.5) is 0 Å². The first-order valence-corrected chi connectivity index (χ1v) is 5.73. The van der Waals surface area contributed by atoms with Crippen LogP contribution >= 0.6 is 0 Å². The molecular formula is C15H14NO2+. The maximum absolute atomic E-state index is 11.2. The van der Waals surface area contributed by atoms with Crippen molar-refractivity contribution in [3.63, 3.8) is 0 Å². The molecular weight excluding hydrogens is 226 g/mol. The lowest BCUT2D eigenvalue weighted by atomic mass is 9.98. The Kier molecular flexibility index (Phi) is 3.33. The minimum Gasteiger partial charge on any atom is -0.251 e. The highest BCUT2D eigenvalue weighted by Crippen LogP contribution is 2.24. The Morgan fingerprint density at radius 3 is 1.44 bits per heavy atom. The second-order valence-corrected chi connectivity index (χ2v) is 4.34. The molecule has 0 saturated carbocycles. The molecule has 0 aliphatic carbocycles. The van der Waals surface area contributed by atoms with Crippen molar-refractivity contribution in [2.45, 2.75) is 13.8 Å². The molecule has 0 atom stereocenters. The van der Waals surface area contributed by atoms with Crippen LogP contribution in [0.1, 0.15) is 22.3 Å². The molecule has 0 aromatic heterocycles. The Labute approximate surface area is 106 Å². The first kappa shape index (κ1) is 12.2. The SMILES string of the molecule is Cc1ccc([C+](c2ccc(C)cc2)[N+](=O)[O-])cc1. The van der Waals surface area contributed by atoms with Gasteiger partial charge in [-0.2, -0.15) is 0 Å². The summed E-state index contributed by atoms with van der Waals surface area (Å²) in [7, 11) is 0. The average Bonchev–Trinajstić information content (AvgIpc) is 2.34. The van der Waals surface area contributed by atoms with Crippen molar-refractivity contribution in [1.82, 2.24) is 0 Å². The van der Waals surface area contributed by atoms with Gasteiger partial charge in [-0.1, -0.05) is 0 Å². The molecule has 2 aromatic carbocycles. The summed E-state index contributed by atoms with van der Waals surface area (Å²) < 4.78 is 0. The molecule has 0 bridgehead atoms. The fraction of sp³-hybridized carbons (Fsp3) is 0.133. The molecule has 3 heteroatoms. The molecule has 0 heterocycles. The topological polar surface area (TPSA) is 43.1 Å². The fourth-order valence-corrected chi connectivity index (χ4v) is 1.80. The molecule has 0 unspecified atom stereocenters. The van der Waals surface area contributed by atoms with E-state index in [1.165, 1.54) is 0 Å². The Morgan fingerprint density at radius 2 is 1.17 bits per heavy atom. The third kappa shape index (κ3) is 2.51. The highest BCUT2D eigenvalue weighted by Gasteiger charge is 2.33. The van der Waals surface area contributed by atoms with Crippen molar-refractivity contribution in [2.24, 2.45) is 0 Å². The smallest absolute Gasteiger partial charge is 0.251 e. The van der Waals surface area contributed by atoms with Crippen LogP contribution in [0.5, 0.6) is 0 Å². The van der Waals surface area contributed by atoms with Crippen LogP contribution in [0.25, 0.3) is 0 Å².